The van der Waals surface area contributed by atoms with Crippen molar-refractivity contribution in [2.75, 3.05) is 18.4 Å². The van der Waals surface area contributed by atoms with Gasteiger partial charge in [0.05, 0.1) is 6.20 Å². The molecule has 0 unspecified atom stereocenters. The van der Waals surface area contributed by atoms with Crippen LogP contribution in [0.15, 0.2) is 54.1 Å². The van der Waals surface area contributed by atoms with Gasteiger partial charge < -0.3 is 5.32 Å². The molecule has 1 aliphatic heterocycles. The Labute approximate surface area is 145 Å². The van der Waals surface area contributed by atoms with E-state index in [-0.39, 0.29) is 11.1 Å². The van der Waals surface area contributed by atoms with Gasteiger partial charge in [-0.25, -0.2) is 17.9 Å². The number of aromatic nitrogens is 4. The molecule has 4 rings (SSSR count). The fraction of sp³-hybridized carbons (Fsp3) is 0.312. The molecule has 3 aromatic rings. The third kappa shape index (κ3) is 3.08. The third-order valence-corrected chi connectivity index (χ3v) is 6.21. The summed E-state index contributed by atoms with van der Waals surface area (Å²) in [7, 11) is -3.61. The van der Waals surface area contributed by atoms with E-state index in [9.17, 15) is 8.42 Å². The van der Waals surface area contributed by atoms with Gasteiger partial charge in [0, 0.05) is 43.4 Å². The number of hydrogen-bond acceptors (Lipinski definition) is 6. The maximum absolute atomic E-state index is 12.9. The van der Waals surface area contributed by atoms with Crippen LogP contribution < -0.4 is 5.32 Å². The Morgan fingerprint density at radius 3 is 2.60 bits per heavy atom. The fourth-order valence-electron chi connectivity index (χ4n) is 3.04. The quantitative estimate of drug-likeness (QED) is 0.758. The molecule has 3 aromatic heterocycles. The zero-order chi connectivity index (χ0) is 17.3. The van der Waals surface area contributed by atoms with Gasteiger partial charge in [-0.15, -0.1) is 0 Å². The lowest BCUT2D eigenvalue weighted by Gasteiger charge is -2.31. The minimum absolute atomic E-state index is 0.114. The second kappa shape index (κ2) is 6.41. The van der Waals surface area contributed by atoms with E-state index in [0.29, 0.717) is 18.7 Å². The number of pyridine rings is 1. The minimum atomic E-state index is -3.61. The second-order valence-electron chi connectivity index (χ2n) is 5.95. The highest BCUT2D eigenvalue weighted by atomic mass is 32.2. The second-order valence-corrected chi connectivity index (χ2v) is 7.83. The number of rotatable bonds is 4. The van der Waals surface area contributed by atoms with Gasteiger partial charge in [-0.05, 0) is 37.1 Å². The summed E-state index contributed by atoms with van der Waals surface area (Å²) in [5, 5.41) is 7.64. The van der Waals surface area contributed by atoms with E-state index in [4.69, 9.17) is 0 Å². The van der Waals surface area contributed by atoms with Gasteiger partial charge in [0.1, 0.15) is 0 Å². The van der Waals surface area contributed by atoms with Crippen molar-refractivity contribution in [1.82, 2.24) is 23.9 Å². The Morgan fingerprint density at radius 1 is 1.08 bits per heavy atom. The van der Waals surface area contributed by atoms with Gasteiger partial charge in [-0.2, -0.15) is 9.40 Å². The highest BCUT2D eigenvalue weighted by molar-refractivity contribution is 7.89. The van der Waals surface area contributed by atoms with Crippen LogP contribution in [0.3, 0.4) is 0 Å². The average Bonchev–Trinajstić information content (AvgIpc) is 3.08. The number of piperidine rings is 1. The molecular formula is C16H18N6O2S. The number of anilines is 1. The molecule has 1 saturated heterocycles. The van der Waals surface area contributed by atoms with Crippen LogP contribution in [0.1, 0.15) is 12.8 Å². The molecule has 1 aliphatic rings. The van der Waals surface area contributed by atoms with E-state index in [1.165, 1.54) is 15.0 Å². The molecule has 0 bridgehead atoms. The molecule has 1 N–H and O–H groups in total. The Kier molecular flexibility index (Phi) is 4.10. The molecule has 0 amide bonds. The summed E-state index contributed by atoms with van der Waals surface area (Å²) in [5.41, 5.74) is 1.53. The van der Waals surface area contributed by atoms with E-state index < -0.39 is 10.0 Å². The normalized spacial score (nSPS) is 17.0. The monoisotopic (exact) mass is 358 g/mol. The zero-order valence-electron chi connectivity index (χ0n) is 13.5. The summed E-state index contributed by atoms with van der Waals surface area (Å²) >= 11 is 0. The van der Waals surface area contributed by atoms with Crippen LogP contribution in [0.2, 0.25) is 0 Å². The molecule has 0 saturated carbocycles. The third-order valence-electron chi connectivity index (χ3n) is 4.36. The van der Waals surface area contributed by atoms with Crippen LogP contribution in [0.25, 0.3) is 5.65 Å². The predicted molar refractivity (Wildman–Crippen MR) is 92.6 cm³/mol. The highest BCUT2D eigenvalue weighted by Gasteiger charge is 2.32. The summed E-state index contributed by atoms with van der Waals surface area (Å²) in [4.78, 5) is 8.12. The molecule has 0 radical (unpaired) electrons. The van der Waals surface area contributed by atoms with E-state index in [1.54, 1.807) is 30.7 Å². The first-order valence-corrected chi connectivity index (χ1v) is 9.54. The number of nitrogens with zero attached hydrogens (tertiary/aromatic N) is 5. The fourth-order valence-corrected chi connectivity index (χ4v) is 4.54. The molecule has 1 fully saturated rings. The first-order valence-electron chi connectivity index (χ1n) is 8.10. The van der Waals surface area contributed by atoms with E-state index in [2.05, 4.69) is 20.4 Å². The summed E-state index contributed by atoms with van der Waals surface area (Å²) < 4.78 is 28.7. The molecule has 4 heterocycles. The topological polar surface area (TPSA) is 92.5 Å². The van der Waals surface area contributed by atoms with Gasteiger partial charge >= 0.3 is 0 Å². The van der Waals surface area contributed by atoms with Gasteiger partial charge in [-0.1, -0.05) is 0 Å². The van der Waals surface area contributed by atoms with Crippen molar-refractivity contribution in [3.8, 4) is 0 Å². The van der Waals surface area contributed by atoms with Crippen molar-refractivity contribution < 1.29 is 8.42 Å². The van der Waals surface area contributed by atoms with Gasteiger partial charge in [0.2, 0.25) is 0 Å². The molecule has 0 atom stereocenters. The number of hydrogen-bond donors (Lipinski definition) is 1. The van der Waals surface area contributed by atoms with E-state index in [1.807, 2.05) is 12.1 Å². The van der Waals surface area contributed by atoms with Crippen molar-refractivity contribution >= 4 is 21.4 Å². The number of fused-ring (bicyclic) bond motifs is 1. The number of sulfonamides is 1. The van der Waals surface area contributed by atoms with Crippen LogP contribution in [-0.4, -0.2) is 51.4 Å². The lowest BCUT2D eigenvalue weighted by molar-refractivity contribution is 0.328. The van der Waals surface area contributed by atoms with Crippen LogP contribution in [0.5, 0.6) is 0 Å². The maximum Gasteiger partial charge on any atom is 0.262 e. The smallest absolute Gasteiger partial charge is 0.262 e. The van der Waals surface area contributed by atoms with E-state index >= 15 is 0 Å². The van der Waals surface area contributed by atoms with Crippen LogP contribution in [0.4, 0.5) is 5.69 Å². The Hall–Kier alpha value is -2.52. The predicted octanol–water partition coefficient (Wildman–Crippen LogP) is 1.39. The van der Waals surface area contributed by atoms with E-state index in [0.717, 1.165) is 18.5 Å². The summed E-state index contributed by atoms with van der Waals surface area (Å²) in [6, 6.07) is 7.53. The first-order chi connectivity index (χ1) is 12.1. The lowest BCUT2D eigenvalue weighted by Crippen LogP contribution is -2.42. The highest BCUT2D eigenvalue weighted by Crippen LogP contribution is 2.22. The van der Waals surface area contributed by atoms with Crippen molar-refractivity contribution in [2.45, 2.75) is 23.9 Å². The Morgan fingerprint density at radius 2 is 1.84 bits per heavy atom. The minimum Gasteiger partial charge on any atom is -0.382 e. The number of imidazole rings is 1. The summed E-state index contributed by atoms with van der Waals surface area (Å²) in [6.45, 7) is 0.927. The molecule has 8 nitrogen and oxygen atoms in total. The van der Waals surface area contributed by atoms with Gasteiger partial charge in [0.15, 0.2) is 10.7 Å². The van der Waals surface area contributed by atoms with Gasteiger partial charge in [-0.3, -0.25) is 4.98 Å². The molecule has 0 aromatic carbocycles. The van der Waals surface area contributed by atoms with Gasteiger partial charge in [0.25, 0.3) is 10.0 Å². The largest absolute Gasteiger partial charge is 0.382 e. The summed E-state index contributed by atoms with van der Waals surface area (Å²) in [6.07, 6.45) is 7.88. The molecule has 0 spiro atoms. The molecule has 130 valence electrons. The molecule has 9 heteroatoms. The standard InChI is InChI=1S/C16H18N6O2S/c23-25(24,16-12-18-15-2-1-7-19-22(15)16)21-10-5-14(6-11-21)20-13-3-8-17-9-4-13/h1-4,7-9,12,14H,5-6,10-11H2,(H,17,20). The molecule has 25 heavy (non-hydrogen) atoms. The van der Waals surface area contributed by atoms with Crippen molar-refractivity contribution in [3.63, 3.8) is 0 Å². The average molecular weight is 358 g/mol. The molecule has 0 aliphatic carbocycles. The number of nitrogens with one attached hydrogen (secondary N) is 1. The Balaban J connectivity index is 1.48. The maximum atomic E-state index is 12.9. The van der Waals surface area contributed by atoms with Crippen molar-refractivity contribution in [3.05, 3.63) is 49.1 Å². The van der Waals surface area contributed by atoms with Crippen molar-refractivity contribution in [2.24, 2.45) is 0 Å². The van der Waals surface area contributed by atoms with Crippen molar-refractivity contribution in [1.29, 1.82) is 0 Å². The lowest BCUT2D eigenvalue weighted by atomic mass is 10.1. The van der Waals surface area contributed by atoms with Crippen LogP contribution in [0, 0.1) is 0 Å². The summed E-state index contributed by atoms with van der Waals surface area (Å²) in [5.74, 6) is 0. The van der Waals surface area contributed by atoms with Crippen LogP contribution in [-0.2, 0) is 10.0 Å². The zero-order valence-corrected chi connectivity index (χ0v) is 14.3. The van der Waals surface area contributed by atoms with Crippen LogP contribution >= 0.6 is 0 Å². The first kappa shape index (κ1) is 16.0. The molecular weight excluding hydrogens is 340 g/mol. The Bertz CT molecular complexity index is 964. The SMILES string of the molecule is O=S(=O)(c1cnc2cccnn12)N1CCC(Nc2ccncc2)CC1.